The number of aryl methyl sites for hydroxylation is 1. The highest BCUT2D eigenvalue weighted by Crippen LogP contribution is 2.43. The van der Waals surface area contributed by atoms with Gasteiger partial charge in [-0.25, -0.2) is 4.98 Å². The number of nitrogens with zero attached hydrogens (tertiary/aromatic N) is 1. The number of anilines is 1. The molecule has 1 aromatic heterocycles. The fourth-order valence-electron chi connectivity index (χ4n) is 2.63. The Balaban J connectivity index is 2.09. The van der Waals surface area contributed by atoms with E-state index in [1.807, 2.05) is 0 Å². The molecule has 0 unspecified atom stereocenters. The van der Waals surface area contributed by atoms with Gasteiger partial charge in [-0.15, -0.1) is 11.3 Å². The van der Waals surface area contributed by atoms with Crippen molar-refractivity contribution in [3.05, 3.63) is 58.6 Å². The third kappa shape index (κ3) is 1.75. The molecule has 2 nitrogen and oxygen atoms in total. The van der Waals surface area contributed by atoms with Crippen molar-refractivity contribution in [1.29, 1.82) is 0 Å². The summed E-state index contributed by atoms with van der Waals surface area (Å²) >= 11 is 1.53. The Hall–Kier alpha value is -1.61. The predicted molar refractivity (Wildman–Crippen MR) is 76.9 cm³/mol. The number of allylic oxidation sites excluding steroid dienone is 2. The van der Waals surface area contributed by atoms with Gasteiger partial charge in [-0.1, -0.05) is 42.0 Å². The lowest BCUT2D eigenvalue weighted by molar-refractivity contribution is 0.542. The lowest BCUT2D eigenvalue weighted by Gasteiger charge is -2.28. The van der Waals surface area contributed by atoms with Crippen LogP contribution in [0.4, 0.5) is 5.13 Å². The molecular weight excluding hydrogens is 240 g/mol. The van der Waals surface area contributed by atoms with E-state index in [-0.39, 0.29) is 5.41 Å². The number of hydrogen-bond acceptors (Lipinski definition) is 3. The number of rotatable bonds is 2. The highest BCUT2D eigenvalue weighted by molar-refractivity contribution is 7.13. The average Bonchev–Trinajstić information content (AvgIpc) is 2.99. The summed E-state index contributed by atoms with van der Waals surface area (Å²) in [5.41, 5.74) is 9.53. The van der Waals surface area contributed by atoms with Crippen molar-refractivity contribution in [2.24, 2.45) is 0 Å². The predicted octanol–water partition coefficient (Wildman–Crippen LogP) is 3.67. The molecule has 2 aromatic rings. The molecule has 0 fully saturated rings. The smallest absolute Gasteiger partial charge is 0.180 e. The zero-order valence-corrected chi connectivity index (χ0v) is 11.2. The molecule has 0 amide bonds. The van der Waals surface area contributed by atoms with Crippen molar-refractivity contribution in [2.75, 3.05) is 5.73 Å². The first-order valence-corrected chi connectivity index (χ1v) is 7.02. The minimum Gasteiger partial charge on any atom is -0.375 e. The molecule has 1 heterocycles. The van der Waals surface area contributed by atoms with Crippen LogP contribution >= 0.6 is 11.3 Å². The molecule has 0 saturated carbocycles. The summed E-state index contributed by atoms with van der Waals surface area (Å²) in [6.45, 7) is 2.12. The van der Waals surface area contributed by atoms with E-state index >= 15 is 0 Å². The monoisotopic (exact) mass is 256 g/mol. The Morgan fingerprint density at radius 1 is 1.17 bits per heavy atom. The third-order valence-electron chi connectivity index (χ3n) is 3.72. The second-order valence-electron chi connectivity index (χ2n) is 4.90. The van der Waals surface area contributed by atoms with Crippen LogP contribution in [-0.4, -0.2) is 4.98 Å². The van der Waals surface area contributed by atoms with E-state index in [1.54, 1.807) is 0 Å². The molecule has 18 heavy (non-hydrogen) atoms. The van der Waals surface area contributed by atoms with Gasteiger partial charge in [0.1, 0.15) is 0 Å². The number of nitrogen functional groups attached to an aromatic ring is 1. The zero-order chi connectivity index (χ0) is 12.6. The minimum atomic E-state index is 0.00181. The summed E-state index contributed by atoms with van der Waals surface area (Å²) in [5.74, 6) is 0. The molecule has 0 spiro atoms. The molecule has 0 bridgehead atoms. The van der Waals surface area contributed by atoms with Crippen LogP contribution in [0, 0.1) is 6.92 Å². The molecule has 2 N–H and O–H groups in total. The van der Waals surface area contributed by atoms with Gasteiger partial charge in [-0.3, -0.25) is 0 Å². The zero-order valence-electron chi connectivity index (χ0n) is 10.4. The fraction of sp³-hybridized carbons (Fsp3) is 0.267. The Kier molecular flexibility index (Phi) is 2.71. The van der Waals surface area contributed by atoms with Crippen molar-refractivity contribution in [3.8, 4) is 0 Å². The summed E-state index contributed by atoms with van der Waals surface area (Å²) < 4.78 is 0. The topological polar surface area (TPSA) is 38.9 Å². The molecule has 0 saturated heterocycles. The maximum absolute atomic E-state index is 5.79. The van der Waals surface area contributed by atoms with Gasteiger partial charge in [0.25, 0.3) is 0 Å². The largest absolute Gasteiger partial charge is 0.375 e. The molecule has 92 valence electrons. The second-order valence-corrected chi connectivity index (χ2v) is 5.79. The van der Waals surface area contributed by atoms with Crippen molar-refractivity contribution in [3.63, 3.8) is 0 Å². The van der Waals surface area contributed by atoms with Crippen LogP contribution in [-0.2, 0) is 5.41 Å². The quantitative estimate of drug-likeness (QED) is 0.833. The van der Waals surface area contributed by atoms with E-state index in [4.69, 9.17) is 5.73 Å². The second kappa shape index (κ2) is 4.25. The third-order valence-corrected chi connectivity index (χ3v) is 4.39. The van der Waals surface area contributed by atoms with Crippen LogP contribution in [0.1, 0.15) is 29.7 Å². The maximum atomic E-state index is 5.79. The molecule has 0 radical (unpaired) electrons. The van der Waals surface area contributed by atoms with Crippen molar-refractivity contribution in [1.82, 2.24) is 4.98 Å². The maximum Gasteiger partial charge on any atom is 0.180 e. The standard InChI is InChI=1S/C15H16N2S/c1-11-4-6-12(7-5-11)15(8-2-3-9-15)13-10-18-14(16)17-13/h2-7,10H,8-9H2,1H3,(H2,16,17). The van der Waals surface area contributed by atoms with E-state index in [0.717, 1.165) is 18.5 Å². The minimum absolute atomic E-state index is 0.00181. The number of aromatic nitrogens is 1. The van der Waals surface area contributed by atoms with Crippen molar-refractivity contribution < 1.29 is 0 Å². The van der Waals surface area contributed by atoms with E-state index in [1.165, 1.54) is 22.5 Å². The molecule has 1 aliphatic carbocycles. The van der Waals surface area contributed by atoms with Gasteiger partial charge in [-0.2, -0.15) is 0 Å². The summed E-state index contributed by atoms with van der Waals surface area (Å²) in [5, 5.41) is 2.76. The van der Waals surface area contributed by atoms with Gasteiger partial charge in [0.05, 0.1) is 5.69 Å². The van der Waals surface area contributed by atoms with Gasteiger partial charge in [0.2, 0.25) is 0 Å². The van der Waals surface area contributed by atoms with Gasteiger partial charge >= 0.3 is 0 Å². The lowest BCUT2D eigenvalue weighted by atomic mass is 9.76. The first kappa shape index (κ1) is 11.5. The van der Waals surface area contributed by atoms with E-state index in [9.17, 15) is 0 Å². The van der Waals surface area contributed by atoms with E-state index in [0.29, 0.717) is 5.13 Å². The molecule has 1 aromatic carbocycles. The molecule has 3 rings (SSSR count). The molecule has 0 aliphatic heterocycles. The van der Waals surface area contributed by atoms with E-state index in [2.05, 4.69) is 53.7 Å². The van der Waals surface area contributed by atoms with E-state index < -0.39 is 0 Å². The average molecular weight is 256 g/mol. The summed E-state index contributed by atoms with van der Waals surface area (Å²) in [7, 11) is 0. The Bertz CT molecular complexity index is 573. The van der Waals surface area contributed by atoms with Crippen LogP contribution in [0.25, 0.3) is 0 Å². The van der Waals surface area contributed by atoms with Gasteiger partial charge < -0.3 is 5.73 Å². The number of thiazole rings is 1. The number of nitrogens with two attached hydrogens (primary N) is 1. The van der Waals surface area contributed by atoms with Crippen LogP contribution < -0.4 is 5.73 Å². The summed E-state index contributed by atoms with van der Waals surface area (Å²) in [6.07, 6.45) is 6.52. The van der Waals surface area contributed by atoms with Gasteiger partial charge in [0.15, 0.2) is 5.13 Å². The first-order chi connectivity index (χ1) is 8.71. The van der Waals surface area contributed by atoms with Gasteiger partial charge in [-0.05, 0) is 25.3 Å². The first-order valence-electron chi connectivity index (χ1n) is 6.14. The SMILES string of the molecule is Cc1ccc(C2(c3csc(N)n3)CC=CC2)cc1. The molecule has 0 atom stereocenters. The number of hydrogen-bond donors (Lipinski definition) is 1. The molecular formula is C15H16N2S. The van der Waals surface area contributed by atoms with Gasteiger partial charge in [0, 0.05) is 10.8 Å². The normalized spacial score (nSPS) is 17.2. The summed E-state index contributed by atoms with van der Waals surface area (Å²) in [4.78, 5) is 4.52. The highest BCUT2D eigenvalue weighted by atomic mass is 32.1. The van der Waals surface area contributed by atoms with Crippen LogP contribution in [0.3, 0.4) is 0 Å². The Morgan fingerprint density at radius 3 is 2.39 bits per heavy atom. The van der Waals surface area contributed by atoms with Crippen molar-refractivity contribution >= 4 is 16.5 Å². The Morgan fingerprint density at radius 2 is 1.83 bits per heavy atom. The summed E-state index contributed by atoms with van der Waals surface area (Å²) in [6, 6.07) is 8.78. The van der Waals surface area contributed by atoms with Crippen LogP contribution in [0.5, 0.6) is 0 Å². The Labute approximate surface area is 111 Å². The molecule has 1 aliphatic rings. The van der Waals surface area contributed by atoms with Crippen LogP contribution in [0.15, 0.2) is 41.8 Å². The lowest BCUT2D eigenvalue weighted by Crippen LogP contribution is -2.24. The van der Waals surface area contributed by atoms with Crippen LogP contribution in [0.2, 0.25) is 0 Å². The highest BCUT2D eigenvalue weighted by Gasteiger charge is 2.36. The van der Waals surface area contributed by atoms with Crippen molar-refractivity contribution in [2.45, 2.75) is 25.2 Å². The number of benzene rings is 1. The molecule has 3 heteroatoms. The fourth-order valence-corrected chi connectivity index (χ4v) is 3.29.